The van der Waals surface area contributed by atoms with E-state index in [0.29, 0.717) is 50.1 Å². The maximum atomic E-state index is 14.6. The van der Waals surface area contributed by atoms with Crippen LogP contribution in [0.1, 0.15) is 43.9 Å². The Bertz CT molecular complexity index is 1250. The van der Waals surface area contributed by atoms with Gasteiger partial charge in [0.05, 0.1) is 25.6 Å². The standard InChI is InChI=1S/C35H46O8S/c1-7-40-34(41-8-2)32(44-28-17-13-10-14-18-28)23-33(36)35(4,43-25-39-20-19-37-5)29-22-30(38-6)26(3)21-31(29)42-24-27-15-11-9-12-16-27/h9-18,21-22,32,34H,7-8,19-20,23-25H2,1-6H3/t32-,35+/m1/s1. The van der Waals surface area contributed by atoms with Crippen LogP contribution in [-0.4, -0.2) is 64.8 Å². The summed E-state index contributed by atoms with van der Waals surface area (Å²) in [5.41, 5.74) is 0.956. The molecule has 44 heavy (non-hydrogen) atoms. The molecule has 0 amide bonds. The number of methoxy groups -OCH3 is 2. The van der Waals surface area contributed by atoms with Gasteiger partial charge in [0.25, 0.3) is 0 Å². The molecule has 0 saturated heterocycles. The molecular weight excluding hydrogens is 580 g/mol. The van der Waals surface area contributed by atoms with E-state index in [-0.39, 0.29) is 24.2 Å². The van der Waals surface area contributed by atoms with E-state index in [0.717, 1.165) is 16.0 Å². The van der Waals surface area contributed by atoms with Crippen molar-refractivity contribution in [1.29, 1.82) is 0 Å². The molecule has 3 aromatic carbocycles. The molecule has 0 aromatic heterocycles. The molecule has 3 rings (SSSR count). The average molecular weight is 627 g/mol. The van der Waals surface area contributed by atoms with Crippen LogP contribution < -0.4 is 9.47 Å². The maximum absolute atomic E-state index is 14.6. The molecule has 0 heterocycles. The van der Waals surface area contributed by atoms with E-state index in [2.05, 4.69) is 0 Å². The van der Waals surface area contributed by atoms with E-state index in [1.165, 1.54) is 0 Å². The van der Waals surface area contributed by atoms with Gasteiger partial charge in [0.15, 0.2) is 17.7 Å². The van der Waals surface area contributed by atoms with E-state index in [1.54, 1.807) is 32.9 Å². The fraction of sp³-hybridized carbons (Fsp3) is 0.457. The van der Waals surface area contributed by atoms with Crippen LogP contribution in [0, 0.1) is 6.92 Å². The molecule has 2 atom stereocenters. The Kier molecular flexibility index (Phi) is 15.2. The number of thioether (sulfide) groups is 1. The van der Waals surface area contributed by atoms with Crippen LogP contribution in [0.4, 0.5) is 0 Å². The van der Waals surface area contributed by atoms with Crippen LogP contribution in [0.5, 0.6) is 11.5 Å². The molecule has 0 N–H and O–H groups in total. The number of benzene rings is 3. The number of hydrogen-bond donors (Lipinski definition) is 0. The number of aryl methyl sites for hydroxylation is 1. The van der Waals surface area contributed by atoms with Crippen molar-refractivity contribution in [2.45, 2.75) is 62.8 Å². The van der Waals surface area contributed by atoms with Crippen LogP contribution in [0.3, 0.4) is 0 Å². The van der Waals surface area contributed by atoms with Crippen molar-refractivity contribution in [3.8, 4) is 11.5 Å². The Balaban J connectivity index is 2.03. The smallest absolute Gasteiger partial charge is 0.170 e. The average Bonchev–Trinajstić information content (AvgIpc) is 3.04. The molecule has 0 unspecified atom stereocenters. The number of ketones is 1. The number of Topliss-reactive ketones (excluding diaryl/α,β-unsaturated/α-hetero) is 1. The van der Waals surface area contributed by atoms with Gasteiger partial charge in [-0.15, -0.1) is 11.8 Å². The predicted molar refractivity (Wildman–Crippen MR) is 172 cm³/mol. The quantitative estimate of drug-likeness (QED) is 0.0709. The minimum Gasteiger partial charge on any atom is -0.496 e. The Hall–Kier alpha value is -2.92. The first kappa shape index (κ1) is 35.6. The van der Waals surface area contributed by atoms with Crippen molar-refractivity contribution in [3.63, 3.8) is 0 Å². The molecule has 8 nitrogen and oxygen atoms in total. The fourth-order valence-corrected chi connectivity index (χ4v) is 5.78. The summed E-state index contributed by atoms with van der Waals surface area (Å²) in [6, 6.07) is 23.5. The van der Waals surface area contributed by atoms with Gasteiger partial charge in [0.1, 0.15) is 24.9 Å². The molecule has 240 valence electrons. The third-order valence-corrected chi connectivity index (χ3v) is 8.26. The van der Waals surface area contributed by atoms with Gasteiger partial charge in [-0.1, -0.05) is 48.5 Å². The summed E-state index contributed by atoms with van der Waals surface area (Å²) >= 11 is 1.54. The number of carbonyl (C=O) groups excluding carboxylic acids is 1. The van der Waals surface area contributed by atoms with Crippen LogP contribution in [0.2, 0.25) is 0 Å². The molecule has 0 aliphatic carbocycles. The second kappa shape index (κ2) is 18.8. The zero-order valence-electron chi connectivity index (χ0n) is 26.7. The SMILES string of the molecule is CCOC(OCC)[C@@H](CC(=O)[C@@](C)(OCOCCOC)c1cc(OC)c(C)cc1OCc1ccccc1)Sc1ccccc1. The summed E-state index contributed by atoms with van der Waals surface area (Å²) in [7, 11) is 3.20. The van der Waals surface area contributed by atoms with E-state index >= 15 is 0 Å². The number of carbonyl (C=O) groups is 1. The minimum atomic E-state index is -1.46. The van der Waals surface area contributed by atoms with Crippen molar-refractivity contribution in [3.05, 3.63) is 89.5 Å². The summed E-state index contributed by atoms with van der Waals surface area (Å²) in [5.74, 6) is 0.964. The van der Waals surface area contributed by atoms with E-state index < -0.39 is 11.9 Å². The summed E-state index contributed by atoms with van der Waals surface area (Å²) in [5, 5.41) is -0.358. The van der Waals surface area contributed by atoms with Crippen molar-refractivity contribution >= 4 is 17.5 Å². The predicted octanol–water partition coefficient (Wildman–Crippen LogP) is 6.95. The first-order valence-electron chi connectivity index (χ1n) is 14.9. The molecule has 9 heteroatoms. The molecule has 0 fully saturated rings. The lowest BCUT2D eigenvalue weighted by molar-refractivity contribution is -0.171. The third-order valence-electron chi connectivity index (χ3n) is 7.03. The number of rotatable bonds is 21. The molecule has 0 spiro atoms. The highest BCUT2D eigenvalue weighted by Crippen LogP contribution is 2.41. The lowest BCUT2D eigenvalue weighted by Gasteiger charge is -2.33. The van der Waals surface area contributed by atoms with Gasteiger partial charge in [0, 0.05) is 37.2 Å². The zero-order chi connectivity index (χ0) is 31.8. The summed E-state index contributed by atoms with van der Waals surface area (Å²) in [6.45, 7) is 9.32. The Morgan fingerprint density at radius 2 is 1.55 bits per heavy atom. The van der Waals surface area contributed by atoms with Crippen LogP contribution in [-0.2, 0) is 40.7 Å². The molecule has 0 bridgehead atoms. The van der Waals surface area contributed by atoms with Crippen LogP contribution in [0.25, 0.3) is 0 Å². The van der Waals surface area contributed by atoms with E-state index in [1.807, 2.05) is 93.6 Å². The second-order valence-corrected chi connectivity index (χ2v) is 11.5. The van der Waals surface area contributed by atoms with Crippen molar-refractivity contribution in [2.24, 2.45) is 0 Å². The minimum absolute atomic E-state index is 0.0904. The van der Waals surface area contributed by atoms with Gasteiger partial charge in [-0.2, -0.15) is 0 Å². The maximum Gasteiger partial charge on any atom is 0.170 e. The number of ether oxygens (including phenoxy) is 7. The van der Waals surface area contributed by atoms with E-state index in [4.69, 9.17) is 33.2 Å². The third kappa shape index (κ3) is 10.3. The van der Waals surface area contributed by atoms with Crippen LogP contribution in [0.15, 0.2) is 77.7 Å². The molecule has 3 aromatic rings. The van der Waals surface area contributed by atoms with Gasteiger partial charge in [-0.05, 0) is 63.1 Å². The van der Waals surface area contributed by atoms with Crippen LogP contribution >= 0.6 is 11.8 Å². The lowest BCUT2D eigenvalue weighted by atomic mass is 9.87. The summed E-state index contributed by atoms with van der Waals surface area (Å²) in [6.07, 6.45) is -0.518. The van der Waals surface area contributed by atoms with Gasteiger partial charge in [0.2, 0.25) is 0 Å². The highest BCUT2D eigenvalue weighted by Gasteiger charge is 2.42. The molecule has 0 aliphatic heterocycles. The first-order valence-corrected chi connectivity index (χ1v) is 15.8. The van der Waals surface area contributed by atoms with Crippen molar-refractivity contribution in [2.75, 3.05) is 47.4 Å². The molecule has 0 saturated carbocycles. The first-order chi connectivity index (χ1) is 21.4. The Morgan fingerprint density at radius 3 is 2.16 bits per heavy atom. The molecular formula is C35H46O8S. The largest absolute Gasteiger partial charge is 0.496 e. The Morgan fingerprint density at radius 1 is 0.886 bits per heavy atom. The van der Waals surface area contributed by atoms with Gasteiger partial charge >= 0.3 is 0 Å². The van der Waals surface area contributed by atoms with Gasteiger partial charge in [-0.25, -0.2) is 0 Å². The summed E-state index contributed by atoms with van der Waals surface area (Å²) < 4.78 is 41.2. The highest BCUT2D eigenvalue weighted by molar-refractivity contribution is 8.00. The topological polar surface area (TPSA) is 81.7 Å². The van der Waals surface area contributed by atoms with Crippen molar-refractivity contribution < 1.29 is 38.0 Å². The normalized spacial score (nSPS) is 13.4. The van der Waals surface area contributed by atoms with Gasteiger partial charge in [-0.3, -0.25) is 4.79 Å². The molecule has 0 radical (unpaired) electrons. The fourth-order valence-electron chi connectivity index (χ4n) is 4.61. The summed E-state index contributed by atoms with van der Waals surface area (Å²) in [4.78, 5) is 15.6. The van der Waals surface area contributed by atoms with Crippen molar-refractivity contribution in [1.82, 2.24) is 0 Å². The second-order valence-electron chi connectivity index (χ2n) is 10.2. The molecule has 0 aliphatic rings. The van der Waals surface area contributed by atoms with E-state index in [9.17, 15) is 4.79 Å². The number of hydrogen-bond acceptors (Lipinski definition) is 9. The van der Waals surface area contributed by atoms with Gasteiger partial charge < -0.3 is 33.2 Å². The monoisotopic (exact) mass is 626 g/mol. The Labute approximate surface area is 266 Å². The zero-order valence-corrected chi connectivity index (χ0v) is 27.5. The highest BCUT2D eigenvalue weighted by atomic mass is 32.2. The lowest BCUT2D eigenvalue weighted by Crippen LogP contribution is -2.41.